The molecule has 152 valence electrons. The molecule has 2 saturated heterocycles. The van der Waals surface area contributed by atoms with Crippen LogP contribution in [0.3, 0.4) is 0 Å². The summed E-state index contributed by atoms with van der Waals surface area (Å²) >= 11 is 0. The van der Waals surface area contributed by atoms with Crippen LogP contribution in [-0.4, -0.2) is 58.0 Å². The van der Waals surface area contributed by atoms with Crippen molar-refractivity contribution in [2.45, 2.75) is 44.7 Å². The van der Waals surface area contributed by atoms with Gasteiger partial charge in [-0.3, -0.25) is 9.59 Å². The first-order valence-electron chi connectivity index (χ1n) is 10.3. The van der Waals surface area contributed by atoms with Crippen molar-refractivity contribution in [3.05, 3.63) is 59.7 Å². The first-order valence-corrected chi connectivity index (χ1v) is 10.3. The Morgan fingerprint density at radius 2 is 1.76 bits per heavy atom. The predicted octanol–water partition coefficient (Wildman–Crippen LogP) is 2.96. The number of aliphatic hydroxyl groups is 1. The quantitative estimate of drug-likeness (QED) is 0.870. The van der Waals surface area contributed by atoms with Gasteiger partial charge in [0.1, 0.15) is 0 Å². The topological polar surface area (TPSA) is 60.9 Å². The fraction of sp³-hybridized carbons (Fsp3) is 0.417. The largest absolute Gasteiger partial charge is 0.394 e. The van der Waals surface area contributed by atoms with Gasteiger partial charge in [-0.05, 0) is 29.2 Å². The standard InChI is InChI=1S/C24H28N2O3/c1-4-22(29)26-21(13-27)23(24(26)14-25(15-24)17(3)28)19-11-9-18(10-12-19)20-8-6-5-7-16(20)2/h5-12,21,23,27H,4,13-15H2,1-3H3/t21-,23-/m1/s1. The molecule has 2 aliphatic rings. The number of carbonyl (C=O) groups is 2. The molecule has 2 fully saturated rings. The third-order valence-electron chi connectivity index (χ3n) is 6.63. The van der Waals surface area contributed by atoms with Crippen LogP contribution in [0, 0.1) is 6.92 Å². The molecule has 0 bridgehead atoms. The second-order valence-electron chi connectivity index (χ2n) is 8.26. The first-order chi connectivity index (χ1) is 13.9. The van der Waals surface area contributed by atoms with Gasteiger partial charge in [-0.25, -0.2) is 0 Å². The van der Waals surface area contributed by atoms with Gasteiger partial charge < -0.3 is 14.9 Å². The normalized spacial score (nSPS) is 22.2. The number of aryl methyl sites for hydroxylation is 1. The summed E-state index contributed by atoms with van der Waals surface area (Å²) in [5, 5.41) is 10.1. The Kier molecular flexibility index (Phi) is 4.95. The number of aliphatic hydroxyl groups excluding tert-OH is 1. The van der Waals surface area contributed by atoms with Crippen molar-refractivity contribution in [2.75, 3.05) is 19.7 Å². The van der Waals surface area contributed by atoms with E-state index in [-0.39, 0.29) is 30.4 Å². The van der Waals surface area contributed by atoms with Crippen LogP contribution in [0.2, 0.25) is 0 Å². The molecule has 1 spiro atoms. The van der Waals surface area contributed by atoms with Crippen molar-refractivity contribution in [1.82, 2.24) is 9.80 Å². The summed E-state index contributed by atoms with van der Waals surface area (Å²) in [4.78, 5) is 28.0. The lowest BCUT2D eigenvalue weighted by molar-refractivity contribution is -0.202. The lowest BCUT2D eigenvalue weighted by Crippen LogP contribution is -2.85. The van der Waals surface area contributed by atoms with E-state index in [0.717, 1.165) is 11.1 Å². The number of rotatable bonds is 4. The summed E-state index contributed by atoms with van der Waals surface area (Å²) in [6.45, 7) is 6.51. The van der Waals surface area contributed by atoms with Gasteiger partial charge in [0, 0.05) is 32.4 Å². The van der Waals surface area contributed by atoms with Gasteiger partial charge in [0.2, 0.25) is 11.8 Å². The minimum Gasteiger partial charge on any atom is -0.394 e. The lowest BCUT2D eigenvalue weighted by atomic mass is 9.60. The average molecular weight is 392 g/mol. The molecule has 0 unspecified atom stereocenters. The SMILES string of the molecule is CCC(=O)N1[C@H](CO)[C@@H](c2ccc(-c3ccccc3C)cc2)C12CN(C(C)=O)C2. The smallest absolute Gasteiger partial charge is 0.223 e. The first kappa shape index (κ1) is 19.6. The van der Waals surface area contributed by atoms with E-state index in [2.05, 4.69) is 43.3 Å². The minimum atomic E-state index is -0.393. The molecule has 0 saturated carbocycles. The Labute approximate surface area is 171 Å². The Bertz CT molecular complexity index is 931. The molecular formula is C24H28N2O3. The molecule has 2 aliphatic heterocycles. The maximum atomic E-state index is 12.6. The van der Waals surface area contributed by atoms with Crippen LogP contribution in [0.15, 0.2) is 48.5 Å². The van der Waals surface area contributed by atoms with Crippen molar-refractivity contribution in [1.29, 1.82) is 0 Å². The summed E-state index contributed by atoms with van der Waals surface area (Å²) in [5.41, 5.74) is 4.31. The van der Waals surface area contributed by atoms with Crippen LogP contribution < -0.4 is 0 Å². The third kappa shape index (κ3) is 2.96. The van der Waals surface area contributed by atoms with Gasteiger partial charge in [0.15, 0.2) is 0 Å². The van der Waals surface area contributed by atoms with Crippen LogP contribution >= 0.6 is 0 Å². The van der Waals surface area contributed by atoms with Crippen LogP contribution in [0.1, 0.15) is 37.3 Å². The lowest BCUT2D eigenvalue weighted by Gasteiger charge is -2.70. The highest BCUT2D eigenvalue weighted by Crippen LogP contribution is 2.54. The van der Waals surface area contributed by atoms with Gasteiger partial charge in [0.05, 0.1) is 18.2 Å². The summed E-state index contributed by atoms with van der Waals surface area (Å²) in [5.74, 6) is 0.102. The molecular weight excluding hydrogens is 364 g/mol. The predicted molar refractivity (Wildman–Crippen MR) is 112 cm³/mol. The molecule has 5 nitrogen and oxygen atoms in total. The molecule has 5 heteroatoms. The number of hydrogen-bond donors (Lipinski definition) is 1. The molecule has 0 aromatic heterocycles. The molecule has 2 aromatic rings. The van der Waals surface area contributed by atoms with Gasteiger partial charge in [-0.2, -0.15) is 0 Å². The molecule has 0 radical (unpaired) electrons. The summed E-state index contributed by atoms with van der Waals surface area (Å²) < 4.78 is 0. The Morgan fingerprint density at radius 1 is 1.10 bits per heavy atom. The van der Waals surface area contributed by atoms with Crippen LogP contribution in [0.5, 0.6) is 0 Å². The van der Waals surface area contributed by atoms with Crippen molar-refractivity contribution < 1.29 is 14.7 Å². The van der Waals surface area contributed by atoms with Crippen LogP contribution in [-0.2, 0) is 9.59 Å². The molecule has 29 heavy (non-hydrogen) atoms. The second-order valence-corrected chi connectivity index (χ2v) is 8.26. The van der Waals surface area contributed by atoms with E-state index >= 15 is 0 Å². The Balaban J connectivity index is 1.66. The van der Waals surface area contributed by atoms with E-state index in [1.165, 1.54) is 11.1 Å². The zero-order chi connectivity index (χ0) is 20.8. The molecule has 2 amide bonds. The highest BCUT2D eigenvalue weighted by atomic mass is 16.3. The zero-order valence-corrected chi connectivity index (χ0v) is 17.3. The fourth-order valence-electron chi connectivity index (χ4n) is 5.18. The third-order valence-corrected chi connectivity index (χ3v) is 6.63. The van der Waals surface area contributed by atoms with Gasteiger partial charge in [-0.1, -0.05) is 55.5 Å². The molecule has 1 N–H and O–H groups in total. The molecule has 2 atom stereocenters. The molecule has 2 aromatic carbocycles. The fourth-order valence-corrected chi connectivity index (χ4v) is 5.18. The van der Waals surface area contributed by atoms with E-state index in [1.54, 1.807) is 11.8 Å². The second kappa shape index (κ2) is 7.30. The Hall–Kier alpha value is -2.66. The Morgan fingerprint density at radius 3 is 2.31 bits per heavy atom. The van der Waals surface area contributed by atoms with Crippen molar-refractivity contribution in [3.63, 3.8) is 0 Å². The highest BCUT2D eigenvalue weighted by molar-refractivity contribution is 5.82. The summed E-state index contributed by atoms with van der Waals surface area (Å²) in [6.07, 6.45) is 0.400. The van der Waals surface area contributed by atoms with Gasteiger partial charge >= 0.3 is 0 Å². The number of benzene rings is 2. The molecule has 2 heterocycles. The molecule has 0 aliphatic carbocycles. The number of carbonyl (C=O) groups excluding carboxylic acids is 2. The highest BCUT2D eigenvalue weighted by Gasteiger charge is 2.67. The van der Waals surface area contributed by atoms with E-state index in [1.807, 2.05) is 24.0 Å². The number of nitrogens with zero attached hydrogens (tertiary/aromatic N) is 2. The van der Waals surface area contributed by atoms with E-state index < -0.39 is 5.54 Å². The summed E-state index contributed by atoms with van der Waals surface area (Å²) in [6, 6.07) is 16.5. The maximum absolute atomic E-state index is 12.6. The minimum absolute atomic E-state index is 0.0284. The van der Waals surface area contributed by atoms with Gasteiger partial charge in [-0.15, -0.1) is 0 Å². The van der Waals surface area contributed by atoms with Crippen molar-refractivity contribution in [3.8, 4) is 11.1 Å². The average Bonchev–Trinajstić information content (AvgIpc) is 2.67. The monoisotopic (exact) mass is 392 g/mol. The maximum Gasteiger partial charge on any atom is 0.223 e. The van der Waals surface area contributed by atoms with E-state index in [9.17, 15) is 14.7 Å². The number of likely N-dealkylation sites (tertiary alicyclic amines) is 2. The number of amides is 2. The molecule has 4 rings (SSSR count). The van der Waals surface area contributed by atoms with E-state index in [0.29, 0.717) is 19.5 Å². The van der Waals surface area contributed by atoms with Crippen LogP contribution in [0.4, 0.5) is 0 Å². The van der Waals surface area contributed by atoms with E-state index in [4.69, 9.17) is 0 Å². The number of hydrogen-bond acceptors (Lipinski definition) is 3. The van der Waals surface area contributed by atoms with Gasteiger partial charge in [0.25, 0.3) is 0 Å². The van der Waals surface area contributed by atoms with Crippen molar-refractivity contribution in [2.24, 2.45) is 0 Å². The van der Waals surface area contributed by atoms with Crippen molar-refractivity contribution >= 4 is 11.8 Å². The zero-order valence-electron chi connectivity index (χ0n) is 17.3. The van der Waals surface area contributed by atoms with Crippen LogP contribution in [0.25, 0.3) is 11.1 Å². The summed E-state index contributed by atoms with van der Waals surface area (Å²) in [7, 11) is 0.